The van der Waals surface area contributed by atoms with E-state index in [1.54, 1.807) is 0 Å². The van der Waals surface area contributed by atoms with Crippen LogP contribution in [0.2, 0.25) is 5.02 Å². The number of amides is 1. The Balaban J connectivity index is 1.34. The van der Waals surface area contributed by atoms with Crippen LogP contribution in [0, 0.1) is 0 Å². The molecule has 5 heteroatoms. The predicted octanol–water partition coefficient (Wildman–Crippen LogP) is 2.56. The highest BCUT2D eigenvalue weighted by Crippen LogP contribution is 2.19. The fourth-order valence-corrected chi connectivity index (χ4v) is 3.37. The summed E-state index contributed by atoms with van der Waals surface area (Å²) in [5.74, 6) is 0.202. The highest BCUT2D eigenvalue weighted by atomic mass is 35.5. The fourth-order valence-electron chi connectivity index (χ4n) is 3.25. The molecule has 1 aliphatic carbocycles. The monoisotopic (exact) mass is 349 g/mol. The van der Waals surface area contributed by atoms with E-state index in [-0.39, 0.29) is 11.9 Å². The van der Waals surface area contributed by atoms with Crippen molar-refractivity contribution in [1.82, 2.24) is 15.1 Å². The summed E-state index contributed by atoms with van der Waals surface area (Å²) in [6, 6.07) is 8.60. The van der Waals surface area contributed by atoms with Crippen LogP contribution in [-0.4, -0.2) is 60.5 Å². The molecule has 1 aliphatic heterocycles. The highest BCUT2D eigenvalue weighted by molar-refractivity contribution is 6.30. The molecule has 0 spiro atoms. The topological polar surface area (TPSA) is 35.6 Å². The molecular formula is C19H28ClN3O. The first kappa shape index (κ1) is 17.7. The molecule has 1 N–H and O–H groups in total. The van der Waals surface area contributed by atoms with Crippen molar-refractivity contribution in [3.8, 4) is 0 Å². The van der Waals surface area contributed by atoms with Crippen LogP contribution in [0.3, 0.4) is 0 Å². The molecule has 1 saturated carbocycles. The van der Waals surface area contributed by atoms with Gasteiger partial charge in [0.25, 0.3) is 0 Å². The molecule has 2 fully saturated rings. The van der Waals surface area contributed by atoms with E-state index in [0.717, 1.165) is 57.0 Å². The number of halogens is 1. The largest absolute Gasteiger partial charge is 0.352 e. The molecule has 1 aromatic carbocycles. The summed E-state index contributed by atoms with van der Waals surface area (Å²) < 4.78 is 0. The van der Waals surface area contributed by atoms with E-state index in [1.165, 1.54) is 12.0 Å². The molecular weight excluding hydrogens is 322 g/mol. The molecule has 24 heavy (non-hydrogen) atoms. The van der Waals surface area contributed by atoms with Crippen LogP contribution in [0.15, 0.2) is 24.3 Å². The van der Waals surface area contributed by atoms with Crippen LogP contribution in [-0.2, 0) is 11.2 Å². The Morgan fingerprint density at radius 1 is 1.21 bits per heavy atom. The predicted molar refractivity (Wildman–Crippen MR) is 98.4 cm³/mol. The molecule has 0 bridgehead atoms. The zero-order valence-electron chi connectivity index (χ0n) is 14.5. The number of piperazine rings is 1. The minimum atomic E-state index is 0.00168. The van der Waals surface area contributed by atoms with Crippen molar-refractivity contribution in [3.05, 3.63) is 34.9 Å². The van der Waals surface area contributed by atoms with Crippen LogP contribution in [0.1, 0.15) is 31.7 Å². The summed E-state index contributed by atoms with van der Waals surface area (Å²) in [4.78, 5) is 17.0. The van der Waals surface area contributed by atoms with E-state index in [2.05, 4.69) is 27.2 Å². The maximum Gasteiger partial charge on any atom is 0.237 e. The first-order chi connectivity index (χ1) is 11.6. The molecule has 0 aromatic heterocycles. The quantitative estimate of drug-likeness (QED) is 0.821. The summed E-state index contributed by atoms with van der Waals surface area (Å²) in [6.45, 7) is 7.25. The van der Waals surface area contributed by atoms with Gasteiger partial charge in [-0.3, -0.25) is 9.69 Å². The number of carbonyl (C=O) groups is 1. The van der Waals surface area contributed by atoms with Gasteiger partial charge in [-0.1, -0.05) is 23.7 Å². The Hall–Kier alpha value is -1.10. The lowest BCUT2D eigenvalue weighted by Gasteiger charge is -2.37. The van der Waals surface area contributed by atoms with Gasteiger partial charge in [0.15, 0.2) is 0 Å². The number of hydrogen-bond acceptors (Lipinski definition) is 3. The first-order valence-electron chi connectivity index (χ1n) is 9.13. The van der Waals surface area contributed by atoms with E-state index < -0.39 is 0 Å². The van der Waals surface area contributed by atoms with E-state index in [9.17, 15) is 4.79 Å². The Bertz CT molecular complexity index is 536. The van der Waals surface area contributed by atoms with E-state index in [4.69, 9.17) is 11.6 Å². The van der Waals surface area contributed by atoms with Gasteiger partial charge >= 0.3 is 0 Å². The van der Waals surface area contributed by atoms with Gasteiger partial charge < -0.3 is 10.2 Å². The second kappa shape index (κ2) is 8.32. The third-order valence-corrected chi connectivity index (χ3v) is 5.36. The number of hydrogen-bond donors (Lipinski definition) is 1. The lowest BCUT2D eigenvalue weighted by molar-refractivity contribution is -0.126. The number of benzene rings is 1. The molecule has 132 valence electrons. The van der Waals surface area contributed by atoms with Crippen molar-refractivity contribution in [2.75, 3.05) is 32.7 Å². The van der Waals surface area contributed by atoms with Crippen LogP contribution in [0.4, 0.5) is 0 Å². The third-order valence-electron chi connectivity index (χ3n) is 5.11. The average molecular weight is 350 g/mol. The molecule has 3 rings (SSSR count). The molecule has 2 aliphatic rings. The van der Waals surface area contributed by atoms with Gasteiger partial charge in [0, 0.05) is 37.2 Å². The van der Waals surface area contributed by atoms with Gasteiger partial charge in [0.1, 0.15) is 0 Å². The van der Waals surface area contributed by atoms with Gasteiger partial charge in [0.2, 0.25) is 5.91 Å². The molecule has 1 heterocycles. The number of nitrogens with one attached hydrogen (secondary N) is 1. The lowest BCUT2D eigenvalue weighted by Crippen LogP contribution is -2.54. The van der Waals surface area contributed by atoms with Gasteiger partial charge in [-0.15, -0.1) is 0 Å². The van der Waals surface area contributed by atoms with Crippen molar-refractivity contribution in [3.63, 3.8) is 0 Å². The second-order valence-electron chi connectivity index (χ2n) is 7.07. The maximum atomic E-state index is 12.2. The second-order valence-corrected chi connectivity index (χ2v) is 7.50. The van der Waals surface area contributed by atoms with Crippen molar-refractivity contribution < 1.29 is 4.79 Å². The molecule has 0 unspecified atom stereocenters. The van der Waals surface area contributed by atoms with Crippen LogP contribution >= 0.6 is 11.6 Å². The smallest absolute Gasteiger partial charge is 0.237 e. The average Bonchev–Trinajstić information content (AvgIpc) is 3.40. The SMILES string of the molecule is C[C@H](C(=O)NC1CC1)N1CCN(CCCc2ccc(Cl)cc2)CC1. The molecule has 0 radical (unpaired) electrons. The molecule has 1 atom stereocenters. The first-order valence-corrected chi connectivity index (χ1v) is 9.51. The van der Waals surface area contributed by atoms with Gasteiger partial charge in [-0.2, -0.15) is 0 Å². The zero-order chi connectivity index (χ0) is 16.9. The summed E-state index contributed by atoms with van der Waals surface area (Å²) in [7, 11) is 0. The van der Waals surface area contributed by atoms with Crippen molar-refractivity contribution in [1.29, 1.82) is 0 Å². The standard InChI is InChI=1S/C19H28ClN3O/c1-15(19(24)21-18-8-9-18)23-13-11-22(12-14-23)10-2-3-16-4-6-17(20)7-5-16/h4-7,15,18H,2-3,8-14H2,1H3,(H,21,24)/t15-/m1/s1. The zero-order valence-corrected chi connectivity index (χ0v) is 15.3. The van der Waals surface area contributed by atoms with Gasteiger partial charge in [0.05, 0.1) is 6.04 Å². The van der Waals surface area contributed by atoms with Crippen molar-refractivity contribution in [2.45, 2.75) is 44.7 Å². The van der Waals surface area contributed by atoms with Crippen LogP contribution < -0.4 is 5.32 Å². The molecule has 1 aromatic rings. The Labute approximate surface area is 150 Å². The molecule has 1 amide bonds. The maximum absolute atomic E-state index is 12.2. The minimum absolute atomic E-state index is 0.00168. The van der Waals surface area contributed by atoms with Crippen molar-refractivity contribution in [2.24, 2.45) is 0 Å². The highest BCUT2D eigenvalue weighted by Gasteiger charge is 2.29. The summed E-state index contributed by atoms with van der Waals surface area (Å²) in [5.41, 5.74) is 1.35. The van der Waals surface area contributed by atoms with E-state index >= 15 is 0 Å². The normalized spacial score (nSPS) is 20.8. The number of rotatable bonds is 7. The Morgan fingerprint density at radius 2 is 1.88 bits per heavy atom. The van der Waals surface area contributed by atoms with Crippen LogP contribution in [0.25, 0.3) is 0 Å². The molecule has 1 saturated heterocycles. The minimum Gasteiger partial charge on any atom is -0.352 e. The summed E-state index contributed by atoms with van der Waals surface area (Å²) >= 11 is 5.92. The number of nitrogens with zero attached hydrogens (tertiary/aromatic N) is 2. The summed E-state index contributed by atoms with van der Waals surface area (Å²) in [6.07, 6.45) is 4.57. The Kier molecular flexibility index (Phi) is 6.14. The lowest BCUT2D eigenvalue weighted by atomic mass is 10.1. The van der Waals surface area contributed by atoms with Crippen molar-refractivity contribution >= 4 is 17.5 Å². The van der Waals surface area contributed by atoms with E-state index in [0.29, 0.717) is 6.04 Å². The van der Waals surface area contributed by atoms with Gasteiger partial charge in [-0.05, 0) is 56.8 Å². The van der Waals surface area contributed by atoms with Crippen LogP contribution in [0.5, 0.6) is 0 Å². The fraction of sp³-hybridized carbons (Fsp3) is 0.632. The number of carbonyl (C=O) groups excluding carboxylic acids is 1. The summed E-state index contributed by atoms with van der Waals surface area (Å²) in [5, 5.41) is 3.92. The third kappa shape index (κ3) is 5.20. The molecule has 4 nitrogen and oxygen atoms in total. The van der Waals surface area contributed by atoms with Gasteiger partial charge in [-0.25, -0.2) is 0 Å². The van der Waals surface area contributed by atoms with E-state index in [1.807, 2.05) is 19.1 Å². The number of aryl methyl sites for hydroxylation is 1. The Morgan fingerprint density at radius 3 is 2.50 bits per heavy atom.